The predicted molar refractivity (Wildman–Crippen MR) is 98.7 cm³/mol. The molecule has 4 heterocycles. The van der Waals surface area contributed by atoms with Crippen molar-refractivity contribution in [2.24, 2.45) is 0 Å². The van der Waals surface area contributed by atoms with Crippen LogP contribution < -0.4 is 11.1 Å². The minimum atomic E-state index is -0.302. The highest BCUT2D eigenvalue weighted by molar-refractivity contribution is 5.91. The Hall–Kier alpha value is -3.29. The lowest BCUT2D eigenvalue weighted by atomic mass is 10.2. The van der Waals surface area contributed by atoms with Crippen LogP contribution in [0.15, 0.2) is 40.2 Å². The number of nitrogens with one attached hydrogen (secondary N) is 1. The molecule has 1 N–H and O–H groups in total. The second-order valence-electron chi connectivity index (χ2n) is 6.09. The fourth-order valence-electron chi connectivity index (χ4n) is 2.99. The lowest BCUT2D eigenvalue weighted by Gasteiger charge is -2.07. The van der Waals surface area contributed by atoms with Crippen molar-refractivity contribution >= 4 is 21.8 Å². The van der Waals surface area contributed by atoms with E-state index in [0.717, 1.165) is 6.42 Å². The van der Waals surface area contributed by atoms with Crippen LogP contribution in [-0.2, 0) is 13.0 Å². The summed E-state index contributed by atoms with van der Waals surface area (Å²) in [5.41, 5.74) is 0.680. The quantitative estimate of drug-likeness (QED) is 0.566. The van der Waals surface area contributed by atoms with Crippen LogP contribution in [-0.4, -0.2) is 29.3 Å². The van der Waals surface area contributed by atoms with Gasteiger partial charge in [0, 0.05) is 25.4 Å². The number of pyridine rings is 3. The van der Waals surface area contributed by atoms with Crippen LogP contribution in [0, 0.1) is 0 Å². The molecule has 0 saturated carbocycles. The smallest absolute Gasteiger partial charge is 0.267 e. The molecule has 4 rings (SSSR count). The van der Waals surface area contributed by atoms with Crippen molar-refractivity contribution in [1.82, 2.24) is 29.3 Å². The van der Waals surface area contributed by atoms with Gasteiger partial charge in [-0.05, 0) is 24.6 Å². The summed E-state index contributed by atoms with van der Waals surface area (Å²) in [6.45, 7) is 4.59. The van der Waals surface area contributed by atoms with Gasteiger partial charge in [0.2, 0.25) is 0 Å². The SMILES string of the molecule is CCCn1ccc2nc3ccn(-c4n[nH]c(CC)n4)c(=O)c3cc2c1=O. The summed E-state index contributed by atoms with van der Waals surface area (Å²) >= 11 is 0. The van der Waals surface area contributed by atoms with E-state index in [1.54, 1.807) is 35.2 Å². The van der Waals surface area contributed by atoms with E-state index in [9.17, 15) is 9.59 Å². The Morgan fingerprint density at radius 3 is 2.42 bits per heavy atom. The number of aromatic nitrogens is 6. The Balaban J connectivity index is 1.98. The first kappa shape index (κ1) is 16.2. The number of nitrogens with zero attached hydrogens (tertiary/aromatic N) is 5. The second kappa shape index (κ2) is 6.21. The van der Waals surface area contributed by atoms with E-state index in [4.69, 9.17) is 0 Å². The number of fused-ring (bicyclic) bond motifs is 2. The van der Waals surface area contributed by atoms with Gasteiger partial charge in [0.15, 0.2) is 0 Å². The summed E-state index contributed by atoms with van der Waals surface area (Å²) in [4.78, 5) is 34.3. The average Bonchev–Trinajstić information content (AvgIpc) is 3.13. The monoisotopic (exact) mass is 350 g/mol. The molecule has 0 fully saturated rings. The molecule has 26 heavy (non-hydrogen) atoms. The molecule has 4 aromatic heterocycles. The molecule has 0 bridgehead atoms. The average molecular weight is 350 g/mol. The predicted octanol–water partition coefficient (Wildman–Crippen LogP) is 1.79. The molecule has 132 valence electrons. The van der Waals surface area contributed by atoms with Crippen LogP contribution in [0.25, 0.3) is 27.8 Å². The van der Waals surface area contributed by atoms with E-state index in [0.29, 0.717) is 40.6 Å². The van der Waals surface area contributed by atoms with Gasteiger partial charge in [0.25, 0.3) is 17.1 Å². The fraction of sp³-hybridized carbons (Fsp3) is 0.278. The van der Waals surface area contributed by atoms with Gasteiger partial charge in [-0.3, -0.25) is 14.7 Å². The lowest BCUT2D eigenvalue weighted by molar-refractivity contribution is 0.659. The van der Waals surface area contributed by atoms with E-state index < -0.39 is 0 Å². The van der Waals surface area contributed by atoms with Gasteiger partial charge in [-0.2, -0.15) is 4.98 Å². The van der Waals surface area contributed by atoms with Crippen LogP contribution >= 0.6 is 0 Å². The molecule has 0 atom stereocenters. The number of aryl methyl sites for hydroxylation is 2. The van der Waals surface area contributed by atoms with Gasteiger partial charge in [0.05, 0.1) is 21.8 Å². The zero-order valence-corrected chi connectivity index (χ0v) is 14.6. The van der Waals surface area contributed by atoms with Crippen molar-refractivity contribution in [3.05, 3.63) is 57.1 Å². The third kappa shape index (κ3) is 2.50. The number of H-pyrrole nitrogens is 1. The molecule has 0 unspecified atom stereocenters. The number of rotatable bonds is 4. The highest BCUT2D eigenvalue weighted by Crippen LogP contribution is 2.15. The van der Waals surface area contributed by atoms with Gasteiger partial charge in [0.1, 0.15) is 5.82 Å². The number of aromatic amines is 1. The summed E-state index contributed by atoms with van der Waals surface area (Å²) in [6.07, 6.45) is 4.89. The van der Waals surface area contributed by atoms with Crippen molar-refractivity contribution in [1.29, 1.82) is 0 Å². The van der Waals surface area contributed by atoms with E-state index in [-0.39, 0.29) is 17.1 Å². The maximum Gasteiger partial charge on any atom is 0.267 e. The van der Waals surface area contributed by atoms with E-state index in [1.165, 1.54) is 4.57 Å². The molecule has 0 aromatic carbocycles. The molecule has 0 saturated heterocycles. The third-order valence-electron chi connectivity index (χ3n) is 4.35. The van der Waals surface area contributed by atoms with Crippen molar-refractivity contribution in [2.45, 2.75) is 33.2 Å². The molecule has 0 spiro atoms. The Bertz CT molecular complexity index is 1230. The topological polar surface area (TPSA) is 98.5 Å². The van der Waals surface area contributed by atoms with Crippen molar-refractivity contribution in [2.75, 3.05) is 0 Å². The first-order valence-corrected chi connectivity index (χ1v) is 8.59. The molecular formula is C18H18N6O2. The standard InChI is InChI=1S/C18H18N6O2/c1-3-7-23-8-5-13-11(16(23)25)10-12-14(19-13)6-9-24(17(12)26)18-20-15(4-2)21-22-18/h5-6,8-10H,3-4,7H2,1-2H3,(H,20,21,22). The highest BCUT2D eigenvalue weighted by atomic mass is 16.1. The number of hydrogen-bond acceptors (Lipinski definition) is 5. The second-order valence-corrected chi connectivity index (χ2v) is 6.09. The van der Waals surface area contributed by atoms with Crippen molar-refractivity contribution < 1.29 is 0 Å². The minimum Gasteiger partial charge on any atom is -0.315 e. The minimum absolute atomic E-state index is 0.139. The van der Waals surface area contributed by atoms with Gasteiger partial charge >= 0.3 is 0 Å². The molecule has 0 aliphatic carbocycles. The Kier molecular flexibility index (Phi) is 3.87. The summed E-state index contributed by atoms with van der Waals surface area (Å²) in [5.74, 6) is 0.983. The Morgan fingerprint density at radius 1 is 1.00 bits per heavy atom. The van der Waals surface area contributed by atoms with E-state index in [2.05, 4.69) is 20.2 Å². The molecule has 0 aliphatic heterocycles. The first-order valence-electron chi connectivity index (χ1n) is 8.59. The van der Waals surface area contributed by atoms with Gasteiger partial charge in [-0.1, -0.05) is 13.8 Å². The number of hydrogen-bond donors (Lipinski definition) is 1. The van der Waals surface area contributed by atoms with Crippen LogP contribution in [0.4, 0.5) is 0 Å². The molecule has 0 amide bonds. The third-order valence-corrected chi connectivity index (χ3v) is 4.35. The normalized spacial score (nSPS) is 11.5. The van der Waals surface area contributed by atoms with Gasteiger partial charge in [-0.15, -0.1) is 5.10 Å². The van der Waals surface area contributed by atoms with Crippen LogP contribution in [0.3, 0.4) is 0 Å². The summed E-state index contributed by atoms with van der Waals surface area (Å²) < 4.78 is 3.00. The van der Waals surface area contributed by atoms with Crippen LogP contribution in [0.1, 0.15) is 26.1 Å². The fourth-order valence-corrected chi connectivity index (χ4v) is 2.99. The van der Waals surface area contributed by atoms with Crippen molar-refractivity contribution in [3.8, 4) is 5.95 Å². The zero-order valence-electron chi connectivity index (χ0n) is 14.6. The highest BCUT2D eigenvalue weighted by Gasteiger charge is 2.12. The van der Waals surface area contributed by atoms with Gasteiger partial charge in [-0.25, -0.2) is 9.55 Å². The van der Waals surface area contributed by atoms with E-state index >= 15 is 0 Å². The summed E-state index contributed by atoms with van der Waals surface area (Å²) in [6, 6.07) is 5.16. The van der Waals surface area contributed by atoms with Crippen LogP contribution in [0.5, 0.6) is 0 Å². The maximum atomic E-state index is 12.9. The molecule has 8 nitrogen and oxygen atoms in total. The molecular weight excluding hydrogens is 332 g/mol. The zero-order chi connectivity index (χ0) is 18.3. The Labute approximate surface area is 148 Å². The van der Waals surface area contributed by atoms with Gasteiger partial charge < -0.3 is 4.57 Å². The largest absolute Gasteiger partial charge is 0.315 e. The summed E-state index contributed by atoms with van der Waals surface area (Å²) in [5, 5.41) is 7.69. The first-order chi connectivity index (χ1) is 12.6. The summed E-state index contributed by atoms with van der Waals surface area (Å²) in [7, 11) is 0. The Morgan fingerprint density at radius 2 is 1.73 bits per heavy atom. The molecule has 4 aromatic rings. The maximum absolute atomic E-state index is 12.9. The van der Waals surface area contributed by atoms with Crippen molar-refractivity contribution in [3.63, 3.8) is 0 Å². The molecule has 8 heteroatoms. The lowest BCUT2D eigenvalue weighted by Crippen LogP contribution is -2.22. The molecule has 0 aliphatic rings. The molecule has 0 radical (unpaired) electrons. The van der Waals surface area contributed by atoms with E-state index in [1.807, 2.05) is 13.8 Å². The van der Waals surface area contributed by atoms with Crippen LogP contribution in [0.2, 0.25) is 0 Å².